The highest BCUT2D eigenvalue weighted by atomic mass is 35.5. The molecule has 0 saturated carbocycles. The van der Waals surface area contributed by atoms with Crippen molar-refractivity contribution < 1.29 is 4.79 Å². The number of amides is 1. The van der Waals surface area contributed by atoms with Crippen LogP contribution in [0.15, 0.2) is 36.8 Å². The van der Waals surface area contributed by atoms with E-state index in [-0.39, 0.29) is 11.4 Å². The van der Waals surface area contributed by atoms with Crippen LogP contribution in [0.1, 0.15) is 25.0 Å². The maximum Gasteiger partial charge on any atom is 0.247 e. The molecule has 1 amide bonds. The van der Waals surface area contributed by atoms with E-state index in [4.69, 9.17) is 11.6 Å². The summed E-state index contributed by atoms with van der Waals surface area (Å²) in [5.41, 5.74) is 1.49. The Morgan fingerprint density at radius 2 is 2.13 bits per heavy atom. The van der Waals surface area contributed by atoms with E-state index in [1.54, 1.807) is 6.33 Å². The average molecular weight is 331 g/mol. The Hall–Kier alpha value is -1.85. The van der Waals surface area contributed by atoms with Gasteiger partial charge in [-0.25, -0.2) is 4.98 Å². The molecule has 1 aromatic heterocycles. The summed E-state index contributed by atoms with van der Waals surface area (Å²) >= 11 is 6.30. The second kappa shape index (κ2) is 5.65. The number of anilines is 1. The number of carbonyl (C=O) groups excluding carboxylic acids is 1. The lowest BCUT2D eigenvalue weighted by Crippen LogP contribution is -2.50. The number of hydrogen-bond donors (Lipinski definition) is 1. The molecule has 3 heterocycles. The van der Waals surface area contributed by atoms with Gasteiger partial charge in [0.1, 0.15) is 5.54 Å². The summed E-state index contributed by atoms with van der Waals surface area (Å²) in [7, 11) is 0. The van der Waals surface area contributed by atoms with Crippen molar-refractivity contribution in [1.82, 2.24) is 14.9 Å². The van der Waals surface area contributed by atoms with Crippen molar-refractivity contribution in [2.75, 3.05) is 18.0 Å². The van der Waals surface area contributed by atoms with Gasteiger partial charge < -0.3 is 9.88 Å². The predicted octanol–water partition coefficient (Wildman–Crippen LogP) is 2.83. The Labute approximate surface area is 140 Å². The van der Waals surface area contributed by atoms with Gasteiger partial charge in [0.15, 0.2) is 0 Å². The first kappa shape index (κ1) is 14.7. The molecular weight excluding hydrogens is 312 g/mol. The van der Waals surface area contributed by atoms with Gasteiger partial charge in [-0.05, 0) is 37.9 Å². The number of H-pyrrole nitrogens is 1. The Bertz CT molecular complexity index is 717. The van der Waals surface area contributed by atoms with E-state index in [1.807, 2.05) is 35.4 Å². The lowest BCUT2D eigenvalue weighted by atomic mass is 9.94. The lowest BCUT2D eigenvalue weighted by Gasteiger charge is -2.33. The molecule has 4 rings (SSSR count). The van der Waals surface area contributed by atoms with Crippen molar-refractivity contribution in [3.8, 4) is 0 Å². The van der Waals surface area contributed by atoms with Crippen LogP contribution >= 0.6 is 11.6 Å². The standard InChI is InChI=1S/C17H19ClN4O/c18-14-4-1-2-5-15(14)22-9-7-17(16(22)23)6-3-8-21(17)11-13-10-19-12-20-13/h1-2,4-5,10,12H,3,6-9,11H2,(H,19,20). The zero-order valence-electron chi connectivity index (χ0n) is 12.8. The first-order valence-corrected chi connectivity index (χ1v) is 8.37. The summed E-state index contributed by atoms with van der Waals surface area (Å²) in [6.07, 6.45) is 6.34. The normalized spacial score (nSPS) is 24.9. The maximum atomic E-state index is 13.2. The van der Waals surface area contributed by atoms with Crippen LogP contribution in [0, 0.1) is 0 Å². The third-order valence-electron chi connectivity index (χ3n) is 5.08. The van der Waals surface area contributed by atoms with E-state index in [0.29, 0.717) is 5.02 Å². The average Bonchev–Trinajstić information content (AvgIpc) is 3.26. The Morgan fingerprint density at radius 3 is 2.91 bits per heavy atom. The van der Waals surface area contributed by atoms with Crippen molar-refractivity contribution in [3.63, 3.8) is 0 Å². The summed E-state index contributed by atoms with van der Waals surface area (Å²) in [5, 5.41) is 0.635. The van der Waals surface area contributed by atoms with E-state index in [1.165, 1.54) is 0 Å². The van der Waals surface area contributed by atoms with Gasteiger partial charge in [-0.15, -0.1) is 0 Å². The fourth-order valence-electron chi connectivity index (χ4n) is 3.92. The monoisotopic (exact) mass is 330 g/mol. The molecule has 1 unspecified atom stereocenters. The SMILES string of the molecule is O=C1N(c2ccccc2Cl)CCC12CCCN2Cc1cnc[nH]1. The van der Waals surface area contributed by atoms with Crippen LogP contribution in [0.2, 0.25) is 5.02 Å². The number of para-hydroxylation sites is 1. The minimum atomic E-state index is -0.385. The summed E-state index contributed by atoms with van der Waals surface area (Å²) in [5.74, 6) is 0.183. The molecular formula is C17H19ClN4O. The number of hydrogen-bond acceptors (Lipinski definition) is 3. The van der Waals surface area contributed by atoms with Crippen molar-refractivity contribution in [3.05, 3.63) is 47.5 Å². The number of aromatic amines is 1. The van der Waals surface area contributed by atoms with Gasteiger partial charge in [-0.1, -0.05) is 23.7 Å². The number of likely N-dealkylation sites (tertiary alicyclic amines) is 1. The molecule has 2 aliphatic heterocycles. The van der Waals surface area contributed by atoms with E-state index < -0.39 is 0 Å². The number of nitrogens with zero attached hydrogens (tertiary/aromatic N) is 3. The summed E-state index contributed by atoms with van der Waals surface area (Å²) in [4.78, 5) is 24.6. The van der Waals surface area contributed by atoms with Crippen LogP contribution in [0.5, 0.6) is 0 Å². The van der Waals surface area contributed by atoms with Crippen LogP contribution in [0.25, 0.3) is 0 Å². The van der Waals surface area contributed by atoms with Crippen LogP contribution in [0.4, 0.5) is 5.69 Å². The number of benzene rings is 1. The maximum absolute atomic E-state index is 13.2. The van der Waals surface area contributed by atoms with Crippen LogP contribution < -0.4 is 4.90 Å². The lowest BCUT2D eigenvalue weighted by molar-refractivity contribution is -0.126. The van der Waals surface area contributed by atoms with Gasteiger partial charge in [0, 0.05) is 25.0 Å². The fourth-order valence-corrected chi connectivity index (χ4v) is 4.16. The molecule has 5 nitrogen and oxygen atoms in total. The molecule has 2 aliphatic rings. The highest BCUT2D eigenvalue weighted by Crippen LogP contribution is 2.42. The number of nitrogens with one attached hydrogen (secondary N) is 1. The zero-order chi connectivity index (χ0) is 15.9. The minimum absolute atomic E-state index is 0.183. The Kier molecular flexibility index (Phi) is 3.62. The molecule has 1 spiro atoms. The van der Waals surface area contributed by atoms with Crippen LogP contribution in [-0.4, -0.2) is 39.4 Å². The van der Waals surface area contributed by atoms with Crippen molar-refractivity contribution in [1.29, 1.82) is 0 Å². The number of aromatic nitrogens is 2. The molecule has 1 atom stereocenters. The van der Waals surface area contributed by atoms with Crippen molar-refractivity contribution in [2.45, 2.75) is 31.3 Å². The molecule has 0 radical (unpaired) electrons. The van der Waals surface area contributed by atoms with Gasteiger partial charge >= 0.3 is 0 Å². The Balaban J connectivity index is 1.61. The molecule has 120 valence electrons. The van der Waals surface area contributed by atoms with Crippen LogP contribution in [-0.2, 0) is 11.3 Å². The number of imidazole rings is 1. The van der Waals surface area contributed by atoms with E-state index in [0.717, 1.165) is 50.3 Å². The summed E-state index contributed by atoms with van der Waals surface area (Å²) in [6.45, 7) is 2.41. The molecule has 0 aliphatic carbocycles. The first-order valence-electron chi connectivity index (χ1n) is 7.99. The second-order valence-corrected chi connectivity index (χ2v) is 6.70. The number of carbonyl (C=O) groups is 1. The topological polar surface area (TPSA) is 52.2 Å². The predicted molar refractivity (Wildman–Crippen MR) is 89.4 cm³/mol. The molecule has 0 bridgehead atoms. The molecule has 2 fully saturated rings. The third-order valence-corrected chi connectivity index (χ3v) is 5.39. The summed E-state index contributed by atoms with van der Waals surface area (Å²) < 4.78 is 0. The van der Waals surface area contributed by atoms with Gasteiger partial charge in [0.05, 0.1) is 17.0 Å². The number of rotatable bonds is 3. The quantitative estimate of drug-likeness (QED) is 0.941. The smallest absolute Gasteiger partial charge is 0.247 e. The highest BCUT2D eigenvalue weighted by Gasteiger charge is 2.53. The van der Waals surface area contributed by atoms with E-state index in [9.17, 15) is 4.79 Å². The Morgan fingerprint density at radius 1 is 1.26 bits per heavy atom. The van der Waals surface area contributed by atoms with Crippen molar-refractivity contribution >= 4 is 23.2 Å². The molecule has 23 heavy (non-hydrogen) atoms. The number of halogens is 1. The first-order chi connectivity index (χ1) is 11.2. The molecule has 2 aromatic rings. The fraction of sp³-hybridized carbons (Fsp3) is 0.412. The van der Waals surface area contributed by atoms with E-state index >= 15 is 0 Å². The van der Waals surface area contributed by atoms with Gasteiger partial charge in [0.2, 0.25) is 5.91 Å². The van der Waals surface area contributed by atoms with Gasteiger partial charge in [-0.3, -0.25) is 9.69 Å². The van der Waals surface area contributed by atoms with Crippen LogP contribution in [0.3, 0.4) is 0 Å². The third kappa shape index (κ3) is 2.35. The molecule has 1 N–H and O–H groups in total. The van der Waals surface area contributed by atoms with Crippen molar-refractivity contribution in [2.24, 2.45) is 0 Å². The highest BCUT2D eigenvalue weighted by molar-refractivity contribution is 6.34. The molecule has 2 saturated heterocycles. The zero-order valence-corrected chi connectivity index (χ0v) is 13.6. The molecule has 6 heteroatoms. The van der Waals surface area contributed by atoms with E-state index in [2.05, 4.69) is 14.9 Å². The van der Waals surface area contributed by atoms with Gasteiger partial charge in [-0.2, -0.15) is 0 Å². The summed E-state index contributed by atoms with van der Waals surface area (Å²) in [6, 6.07) is 7.58. The van der Waals surface area contributed by atoms with Gasteiger partial charge in [0.25, 0.3) is 0 Å². The minimum Gasteiger partial charge on any atom is -0.347 e. The largest absolute Gasteiger partial charge is 0.347 e. The molecule has 1 aromatic carbocycles. The second-order valence-electron chi connectivity index (χ2n) is 6.29.